The molecule has 0 N–H and O–H groups in total. The maximum atomic E-state index is 12.2. The van der Waals surface area contributed by atoms with E-state index in [2.05, 4.69) is 12.3 Å². The quantitative estimate of drug-likeness (QED) is 0.584. The van der Waals surface area contributed by atoms with E-state index in [4.69, 9.17) is 5.26 Å². The molecule has 1 atom stereocenters. The molecule has 0 bridgehead atoms. The standard InChI is InChI=1S/C14H15NO2S/c1-2-3-4-6-11-14(12-15)18(16,17)13-9-7-5-8-10-13/h3,5,7-10,14H,1,4,6,11H2. The van der Waals surface area contributed by atoms with Crippen molar-refractivity contribution in [1.82, 2.24) is 0 Å². The van der Waals surface area contributed by atoms with Gasteiger partial charge in [-0.2, -0.15) is 5.26 Å². The molecule has 18 heavy (non-hydrogen) atoms. The fourth-order valence-electron chi connectivity index (χ4n) is 1.57. The van der Waals surface area contributed by atoms with Gasteiger partial charge < -0.3 is 0 Å². The van der Waals surface area contributed by atoms with Crippen LogP contribution < -0.4 is 0 Å². The van der Waals surface area contributed by atoms with E-state index in [0.29, 0.717) is 19.3 Å². The molecule has 1 aromatic rings. The summed E-state index contributed by atoms with van der Waals surface area (Å²) in [6, 6.07) is 9.97. The molecule has 0 saturated carbocycles. The van der Waals surface area contributed by atoms with Crippen molar-refractivity contribution in [1.29, 1.82) is 5.26 Å². The molecule has 4 heteroatoms. The highest BCUT2D eigenvalue weighted by Crippen LogP contribution is 2.19. The molecular formula is C14H15NO2S. The van der Waals surface area contributed by atoms with Crippen molar-refractivity contribution in [2.45, 2.75) is 29.4 Å². The second-order valence-electron chi connectivity index (χ2n) is 3.81. The van der Waals surface area contributed by atoms with Gasteiger partial charge in [0.25, 0.3) is 0 Å². The Bertz CT molecular complexity index is 564. The second kappa shape index (κ2) is 6.80. The summed E-state index contributed by atoms with van der Waals surface area (Å²) in [7, 11) is -3.55. The molecule has 0 aliphatic rings. The lowest BCUT2D eigenvalue weighted by Crippen LogP contribution is -2.19. The molecule has 0 amide bonds. The van der Waals surface area contributed by atoms with Crippen LogP contribution in [-0.4, -0.2) is 13.7 Å². The van der Waals surface area contributed by atoms with Gasteiger partial charge in [0.1, 0.15) is 0 Å². The molecule has 0 heterocycles. The Morgan fingerprint density at radius 3 is 2.56 bits per heavy atom. The summed E-state index contributed by atoms with van der Waals surface area (Å²) >= 11 is 0. The molecule has 0 radical (unpaired) electrons. The molecule has 0 saturated heterocycles. The molecule has 0 aliphatic heterocycles. The Balaban J connectivity index is 2.82. The third-order valence-corrected chi connectivity index (χ3v) is 4.57. The molecule has 0 spiro atoms. The van der Waals surface area contributed by atoms with Crippen LogP contribution in [0.5, 0.6) is 0 Å². The SMILES string of the molecule is C=C=CCCCC(C#N)S(=O)(=O)c1ccccc1. The van der Waals surface area contributed by atoms with Crippen LogP contribution in [0.1, 0.15) is 19.3 Å². The summed E-state index contributed by atoms with van der Waals surface area (Å²) in [5.41, 5.74) is 2.62. The number of hydrogen-bond acceptors (Lipinski definition) is 3. The van der Waals surface area contributed by atoms with Gasteiger partial charge in [-0.25, -0.2) is 8.42 Å². The van der Waals surface area contributed by atoms with Gasteiger partial charge in [-0.3, -0.25) is 0 Å². The monoisotopic (exact) mass is 261 g/mol. The minimum absolute atomic E-state index is 0.204. The number of unbranched alkanes of at least 4 members (excludes halogenated alkanes) is 1. The predicted octanol–water partition coefficient (Wildman–Crippen LogP) is 2.86. The minimum Gasteiger partial charge on any atom is -0.222 e. The molecule has 0 aromatic heterocycles. The molecule has 1 aromatic carbocycles. The Morgan fingerprint density at radius 1 is 1.33 bits per heavy atom. The lowest BCUT2D eigenvalue weighted by Gasteiger charge is -2.09. The van der Waals surface area contributed by atoms with E-state index in [9.17, 15) is 8.42 Å². The number of benzene rings is 1. The van der Waals surface area contributed by atoms with Crippen LogP contribution in [0.2, 0.25) is 0 Å². The Hall–Kier alpha value is -1.82. The van der Waals surface area contributed by atoms with E-state index in [1.165, 1.54) is 12.1 Å². The first kappa shape index (κ1) is 14.2. The zero-order valence-corrected chi connectivity index (χ0v) is 10.9. The lowest BCUT2D eigenvalue weighted by atomic mass is 10.2. The highest BCUT2D eigenvalue weighted by atomic mass is 32.2. The van der Waals surface area contributed by atoms with Gasteiger partial charge in [-0.15, -0.1) is 5.73 Å². The summed E-state index contributed by atoms with van der Waals surface area (Å²) in [5, 5.41) is 8.02. The zero-order valence-electron chi connectivity index (χ0n) is 10.0. The highest BCUT2D eigenvalue weighted by Gasteiger charge is 2.26. The van der Waals surface area contributed by atoms with Crippen molar-refractivity contribution in [2.24, 2.45) is 0 Å². The minimum atomic E-state index is -3.55. The smallest absolute Gasteiger partial charge is 0.194 e. The summed E-state index contributed by atoms with van der Waals surface area (Å²) in [4.78, 5) is 0.204. The summed E-state index contributed by atoms with van der Waals surface area (Å²) in [6.45, 7) is 3.43. The Labute approximate surface area is 108 Å². The van der Waals surface area contributed by atoms with E-state index >= 15 is 0 Å². The third kappa shape index (κ3) is 3.59. The van der Waals surface area contributed by atoms with E-state index in [0.717, 1.165) is 0 Å². The van der Waals surface area contributed by atoms with Crippen LogP contribution in [-0.2, 0) is 9.84 Å². The Morgan fingerprint density at radius 2 is 2.00 bits per heavy atom. The van der Waals surface area contributed by atoms with E-state index in [1.54, 1.807) is 24.3 Å². The van der Waals surface area contributed by atoms with Crippen molar-refractivity contribution >= 4 is 9.84 Å². The number of allylic oxidation sites excluding steroid dienone is 1. The Kier molecular flexibility index (Phi) is 5.38. The van der Waals surface area contributed by atoms with Gasteiger partial charge in [-0.1, -0.05) is 24.8 Å². The topological polar surface area (TPSA) is 57.9 Å². The maximum Gasteiger partial charge on any atom is 0.194 e. The summed E-state index contributed by atoms with van der Waals surface area (Å²) in [6.07, 6.45) is 3.38. The van der Waals surface area contributed by atoms with Gasteiger partial charge in [0.05, 0.1) is 11.0 Å². The molecular weight excluding hydrogens is 246 g/mol. The summed E-state index contributed by atoms with van der Waals surface area (Å²) in [5.74, 6) is 0. The van der Waals surface area contributed by atoms with Gasteiger partial charge in [0.2, 0.25) is 0 Å². The first-order valence-electron chi connectivity index (χ1n) is 5.65. The lowest BCUT2D eigenvalue weighted by molar-refractivity contribution is 0.582. The highest BCUT2D eigenvalue weighted by molar-refractivity contribution is 7.92. The normalized spacial score (nSPS) is 12.2. The summed E-state index contributed by atoms with van der Waals surface area (Å²) < 4.78 is 24.3. The van der Waals surface area contributed by atoms with E-state index in [1.807, 2.05) is 6.07 Å². The first-order chi connectivity index (χ1) is 8.62. The first-order valence-corrected chi connectivity index (χ1v) is 7.20. The predicted molar refractivity (Wildman–Crippen MR) is 70.6 cm³/mol. The fourth-order valence-corrected chi connectivity index (χ4v) is 3.05. The molecule has 94 valence electrons. The number of nitriles is 1. The molecule has 3 nitrogen and oxygen atoms in total. The average Bonchev–Trinajstić information content (AvgIpc) is 2.39. The largest absolute Gasteiger partial charge is 0.222 e. The maximum absolute atomic E-state index is 12.2. The third-order valence-electron chi connectivity index (χ3n) is 2.55. The average molecular weight is 261 g/mol. The van der Waals surface area contributed by atoms with Gasteiger partial charge in [0, 0.05) is 0 Å². The van der Waals surface area contributed by atoms with Crippen molar-refractivity contribution in [3.8, 4) is 6.07 Å². The molecule has 0 fully saturated rings. The van der Waals surface area contributed by atoms with Crippen molar-refractivity contribution in [3.63, 3.8) is 0 Å². The number of sulfone groups is 1. The number of hydrogen-bond donors (Lipinski definition) is 0. The van der Waals surface area contributed by atoms with E-state index < -0.39 is 15.1 Å². The zero-order chi connectivity index (χ0) is 13.4. The van der Waals surface area contributed by atoms with Crippen LogP contribution in [0.15, 0.2) is 53.6 Å². The van der Waals surface area contributed by atoms with Crippen LogP contribution in [0.4, 0.5) is 0 Å². The molecule has 1 unspecified atom stereocenters. The van der Waals surface area contributed by atoms with Gasteiger partial charge >= 0.3 is 0 Å². The second-order valence-corrected chi connectivity index (χ2v) is 5.95. The number of nitrogens with zero attached hydrogens (tertiary/aromatic N) is 1. The van der Waals surface area contributed by atoms with Crippen molar-refractivity contribution < 1.29 is 8.42 Å². The van der Waals surface area contributed by atoms with Crippen LogP contribution >= 0.6 is 0 Å². The van der Waals surface area contributed by atoms with Crippen molar-refractivity contribution in [2.75, 3.05) is 0 Å². The van der Waals surface area contributed by atoms with Crippen molar-refractivity contribution in [3.05, 3.63) is 48.7 Å². The van der Waals surface area contributed by atoms with Crippen LogP contribution in [0, 0.1) is 11.3 Å². The molecule has 1 rings (SSSR count). The number of rotatable bonds is 6. The van der Waals surface area contributed by atoms with Gasteiger partial charge in [-0.05, 0) is 37.5 Å². The molecule has 0 aliphatic carbocycles. The van der Waals surface area contributed by atoms with Crippen LogP contribution in [0.3, 0.4) is 0 Å². The van der Waals surface area contributed by atoms with Gasteiger partial charge in [0.15, 0.2) is 15.1 Å². The van der Waals surface area contributed by atoms with Crippen LogP contribution in [0.25, 0.3) is 0 Å². The van der Waals surface area contributed by atoms with E-state index in [-0.39, 0.29) is 4.90 Å². The fraction of sp³-hybridized carbons (Fsp3) is 0.286.